The summed E-state index contributed by atoms with van der Waals surface area (Å²) >= 11 is 0. The van der Waals surface area contributed by atoms with Crippen LogP contribution in [0.3, 0.4) is 0 Å². The van der Waals surface area contributed by atoms with Gasteiger partial charge in [-0.15, -0.1) is 6.58 Å². The lowest BCUT2D eigenvalue weighted by atomic mass is 10.1. The van der Waals surface area contributed by atoms with Crippen LogP contribution in [-0.4, -0.2) is 29.9 Å². The summed E-state index contributed by atoms with van der Waals surface area (Å²) in [4.78, 5) is 14.1. The average Bonchev–Trinajstić information content (AvgIpc) is 2.36. The van der Waals surface area contributed by atoms with Gasteiger partial charge in [-0.3, -0.25) is 4.79 Å². The van der Waals surface area contributed by atoms with Crippen molar-refractivity contribution in [2.45, 2.75) is 26.3 Å². The minimum atomic E-state index is 0.0456. The standard InChI is InChI=1S/C15H22N2O/c1-4-11-17(12(2)3)15(18)14-7-5-13(6-8-14)9-10-16/h4-8,12H,1,9-11,16H2,2-3H3. The summed E-state index contributed by atoms with van der Waals surface area (Å²) in [6.45, 7) is 8.90. The summed E-state index contributed by atoms with van der Waals surface area (Å²) in [5.41, 5.74) is 7.37. The molecule has 1 aromatic rings. The molecule has 0 saturated carbocycles. The van der Waals surface area contributed by atoms with Crippen molar-refractivity contribution in [2.24, 2.45) is 5.73 Å². The quantitative estimate of drug-likeness (QED) is 0.782. The van der Waals surface area contributed by atoms with Crippen molar-refractivity contribution in [1.29, 1.82) is 0 Å². The summed E-state index contributed by atoms with van der Waals surface area (Å²) < 4.78 is 0. The van der Waals surface area contributed by atoms with Gasteiger partial charge in [0.25, 0.3) is 5.91 Å². The molecule has 0 spiro atoms. The maximum absolute atomic E-state index is 12.3. The third kappa shape index (κ3) is 3.70. The van der Waals surface area contributed by atoms with E-state index in [-0.39, 0.29) is 11.9 Å². The van der Waals surface area contributed by atoms with Crippen LogP contribution in [0.2, 0.25) is 0 Å². The van der Waals surface area contributed by atoms with Crippen LogP contribution in [0.5, 0.6) is 0 Å². The number of rotatable bonds is 6. The van der Waals surface area contributed by atoms with E-state index in [0.29, 0.717) is 18.7 Å². The van der Waals surface area contributed by atoms with Gasteiger partial charge in [-0.25, -0.2) is 0 Å². The number of nitrogens with zero attached hydrogens (tertiary/aromatic N) is 1. The van der Waals surface area contributed by atoms with Gasteiger partial charge in [0.1, 0.15) is 0 Å². The van der Waals surface area contributed by atoms with Crippen LogP contribution < -0.4 is 5.73 Å². The molecule has 0 aliphatic heterocycles. The third-order valence-corrected chi connectivity index (χ3v) is 2.84. The first-order chi connectivity index (χ1) is 8.60. The molecule has 0 unspecified atom stereocenters. The van der Waals surface area contributed by atoms with Gasteiger partial charge < -0.3 is 10.6 Å². The fourth-order valence-corrected chi connectivity index (χ4v) is 1.81. The molecule has 1 rings (SSSR count). The summed E-state index contributed by atoms with van der Waals surface area (Å²) in [6, 6.07) is 7.83. The van der Waals surface area contributed by atoms with E-state index >= 15 is 0 Å². The van der Waals surface area contributed by atoms with Gasteiger partial charge in [-0.05, 0) is 44.5 Å². The zero-order valence-corrected chi connectivity index (χ0v) is 11.2. The lowest BCUT2D eigenvalue weighted by molar-refractivity contribution is 0.0729. The number of benzene rings is 1. The molecular weight excluding hydrogens is 224 g/mol. The zero-order chi connectivity index (χ0) is 13.5. The Kier molecular flexibility index (Phi) is 5.59. The van der Waals surface area contributed by atoms with E-state index in [9.17, 15) is 4.79 Å². The van der Waals surface area contributed by atoms with Crippen LogP contribution in [0.15, 0.2) is 36.9 Å². The number of carbonyl (C=O) groups is 1. The number of carbonyl (C=O) groups excluding carboxylic acids is 1. The van der Waals surface area contributed by atoms with Crippen LogP contribution >= 0.6 is 0 Å². The summed E-state index contributed by atoms with van der Waals surface area (Å²) in [5.74, 6) is 0.0456. The van der Waals surface area contributed by atoms with Crippen LogP contribution in [0.1, 0.15) is 29.8 Å². The maximum atomic E-state index is 12.3. The number of amides is 1. The van der Waals surface area contributed by atoms with Crippen molar-refractivity contribution >= 4 is 5.91 Å². The number of hydrogen-bond donors (Lipinski definition) is 1. The molecular formula is C15H22N2O. The molecule has 0 fully saturated rings. The van der Waals surface area contributed by atoms with E-state index < -0.39 is 0 Å². The molecule has 1 aromatic carbocycles. The Labute approximate surface area is 109 Å². The van der Waals surface area contributed by atoms with Gasteiger partial charge in [0.05, 0.1) is 0 Å². The monoisotopic (exact) mass is 246 g/mol. The zero-order valence-electron chi connectivity index (χ0n) is 11.2. The fraction of sp³-hybridized carbons (Fsp3) is 0.400. The Hall–Kier alpha value is -1.61. The summed E-state index contributed by atoms with van der Waals surface area (Å²) in [7, 11) is 0. The molecule has 0 saturated heterocycles. The Morgan fingerprint density at radius 3 is 2.44 bits per heavy atom. The molecule has 0 radical (unpaired) electrons. The smallest absolute Gasteiger partial charge is 0.254 e. The Balaban J connectivity index is 2.84. The highest BCUT2D eigenvalue weighted by atomic mass is 16.2. The maximum Gasteiger partial charge on any atom is 0.254 e. The summed E-state index contributed by atoms with van der Waals surface area (Å²) in [6.07, 6.45) is 2.59. The van der Waals surface area contributed by atoms with E-state index in [1.54, 1.807) is 11.0 Å². The number of nitrogens with two attached hydrogens (primary N) is 1. The van der Waals surface area contributed by atoms with Crippen molar-refractivity contribution in [3.05, 3.63) is 48.0 Å². The minimum absolute atomic E-state index is 0.0456. The second-order valence-electron chi connectivity index (χ2n) is 4.58. The molecule has 18 heavy (non-hydrogen) atoms. The molecule has 3 nitrogen and oxygen atoms in total. The van der Waals surface area contributed by atoms with E-state index in [1.165, 1.54) is 0 Å². The van der Waals surface area contributed by atoms with Crippen LogP contribution in [0.4, 0.5) is 0 Å². The lowest BCUT2D eigenvalue weighted by Gasteiger charge is -2.25. The van der Waals surface area contributed by atoms with E-state index in [2.05, 4.69) is 6.58 Å². The largest absolute Gasteiger partial charge is 0.333 e. The molecule has 1 amide bonds. The van der Waals surface area contributed by atoms with E-state index in [1.807, 2.05) is 38.1 Å². The van der Waals surface area contributed by atoms with Crippen molar-refractivity contribution < 1.29 is 4.79 Å². The minimum Gasteiger partial charge on any atom is -0.333 e. The highest BCUT2D eigenvalue weighted by molar-refractivity contribution is 5.94. The molecule has 98 valence electrons. The van der Waals surface area contributed by atoms with Gasteiger partial charge >= 0.3 is 0 Å². The third-order valence-electron chi connectivity index (χ3n) is 2.84. The SMILES string of the molecule is C=CCN(C(=O)c1ccc(CCN)cc1)C(C)C. The van der Waals surface area contributed by atoms with Crippen LogP contribution in [0.25, 0.3) is 0 Å². The van der Waals surface area contributed by atoms with Gasteiger partial charge in [0.15, 0.2) is 0 Å². The van der Waals surface area contributed by atoms with Crippen molar-refractivity contribution in [2.75, 3.05) is 13.1 Å². The topological polar surface area (TPSA) is 46.3 Å². The highest BCUT2D eigenvalue weighted by Crippen LogP contribution is 2.10. The first-order valence-corrected chi connectivity index (χ1v) is 6.31. The molecule has 0 aliphatic carbocycles. The van der Waals surface area contributed by atoms with Crippen LogP contribution in [0, 0.1) is 0 Å². The molecule has 0 aromatic heterocycles. The van der Waals surface area contributed by atoms with Gasteiger partial charge in [0, 0.05) is 18.2 Å². The first-order valence-electron chi connectivity index (χ1n) is 6.31. The Morgan fingerprint density at radius 2 is 2.00 bits per heavy atom. The van der Waals surface area contributed by atoms with Crippen molar-refractivity contribution in [3.63, 3.8) is 0 Å². The van der Waals surface area contributed by atoms with Gasteiger partial charge in [0.2, 0.25) is 0 Å². The van der Waals surface area contributed by atoms with Gasteiger partial charge in [-0.1, -0.05) is 18.2 Å². The predicted octanol–water partition coefficient (Wildman–Crippen LogP) is 2.22. The second-order valence-corrected chi connectivity index (χ2v) is 4.58. The molecule has 0 bridgehead atoms. The lowest BCUT2D eigenvalue weighted by Crippen LogP contribution is -2.37. The molecule has 3 heteroatoms. The fourth-order valence-electron chi connectivity index (χ4n) is 1.81. The van der Waals surface area contributed by atoms with Crippen molar-refractivity contribution in [3.8, 4) is 0 Å². The molecule has 2 N–H and O–H groups in total. The van der Waals surface area contributed by atoms with Crippen molar-refractivity contribution in [1.82, 2.24) is 4.90 Å². The Bertz CT molecular complexity index is 395. The average molecular weight is 246 g/mol. The highest BCUT2D eigenvalue weighted by Gasteiger charge is 2.16. The van der Waals surface area contributed by atoms with E-state index in [0.717, 1.165) is 12.0 Å². The molecule has 0 aliphatic rings. The number of hydrogen-bond acceptors (Lipinski definition) is 2. The summed E-state index contributed by atoms with van der Waals surface area (Å²) in [5, 5.41) is 0. The van der Waals surface area contributed by atoms with Gasteiger partial charge in [-0.2, -0.15) is 0 Å². The normalized spacial score (nSPS) is 10.4. The molecule has 0 heterocycles. The van der Waals surface area contributed by atoms with Crippen LogP contribution in [-0.2, 0) is 6.42 Å². The Morgan fingerprint density at radius 1 is 1.39 bits per heavy atom. The first kappa shape index (κ1) is 14.5. The predicted molar refractivity (Wildman–Crippen MR) is 75.6 cm³/mol. The second kappa shape index (κ2) is 6.97. The molecule has 0 atom stereocenters. The van der Waals surface area contributed by atoms with E-state index in [4.69, 9.17) is 5.73 Å².